The molecular weight excluding hydrogens is 399 g/mol. The summed E-state index contributed by atoms with van der Waals surface area (Å²) in [7, 11) is 1.61. The molecule has 2 amide bonds. The molecule has 2 aromatic rings. The second-order valence-electron chi connectivity index (χ2n) is 7.13. The fourth-order valence-electron chi connectivity index (χ4n) is 3.32. The van der Waals surface area contributed by atoms with Gasteiger partial charge in [0, 0.05) is 32.9 Å². The van der Waals surface area contributed by atoms with Gasteiger partial charge >= 0.3 is 6.18 Å². The van der Waals surface area contributed by atoms with Crippen molar-refractivity contribution in [1.82, 2.24) is 25.1 Å². The average molecular weight is 421 g/mol. The zero-order chi connectivity index (χ0) is 21.7. The van der Waals surface area contributed by atoms with Crippen molar-refractivity contribution in [3.05, 3.63) is 59.7 Å². The van der Waals surface area contributed by atoms with E-state index in [-0.39, 0.29) is 31.3 Å². The lowest BCUT2D eigenvalue weighted by atomic mass is 10.0. The SMILES string of the molecule is CN(Cc1ccncn1)C(=O)C[C@H]1C(=O)NCCN1Cc1cccc(C(F)(F)F)c1. The zero-order valence-corrected chi connectivity index (χ0v) is 16.4. The molecule has 2 heterocycles. The van der Waals surface area contributed by atoms with Crippen molar-refractivity contribution < 1.29 is 22.8 Å². The molecule has 1 aromatic carbocycles. The smallest absolute Gasteiger partial charge is 0.353 e. The third-order valence-electron chi connectivity index (χ3n) is 4.92. The molecule has 10 heteroatoms. The summed E-state index contributed by atoms with van der Waals surface area (Å²) in [5.74, 6) is -0.568. The number of alkyl halides is 3. The Morgan fingerprint density at radius 2 is 2.13 bits per heavy atom. The standard InChI is InChI=1S/C20H22F3N5O2/c1-27(12-16-5-6-24-13-26-16)18(29)10-17-19(30)25-7-8-28(17)11-14-3-2-4-15(9-14)20(21,22)23/h2-6,9,13,17H,7-8,10-12H2,1H3,(H,25,30)/t17-/m0/s1. The fourth-order valence-corrected chi connectivity index (χ4v) is 3.32. The van der Waals surface area contributed by atoms with Crippen LogP contribution < -0.4 is 5.32 Å². The number of halogens is 3. The summed E-state index contributed by atoms with van der Waals surface area (Å²) in [5.41, 5.74) is 0.361. The summed E-state index contributed by atoms with van der Waals surface area (Å²) in [6, 6.07) is 5.95. The molecule has 1 fully saturated rings. The van der Waals surface area contributed by atoms with Crippen LogP contribution in [-0.4, -0.2) is 57.8 Å². The number of nitrogens with one attached hydrogen (secondary N) is 1. The summed E-state index contributed by atoms with van der Waals surface area (Å²) in [6.45, 7) is 1.23. The van der Waals surface area contributed by atoms with Crippen molar-refractivity contribution >= 4 is 11.8 Å². The van der Waals surface area contributed by atoms with Crippen LogP contribution in [0.5, 0.6) is 0 Å². The molecule has 160 valence electrons. The number of aromatic nitrogens is 2. The van der Waals surface area contributed by atoms with Crippen LogP contribution >= 0.6 is 0 Å². The molecule has 0 radical (unpaired) electrons. The minimum atomic E-state index is -4.44. The first-order chi connectivity index (χ1) is 14.2. The maximum absolute atomic E-state index is 13.0. The number of rotatable bonds is 6. The Balaban J connectivity index is 1.69. The number of carbonyl (C=O) groups is 2. The number of nitrogens with zero attached hydrogens (tertiary/aromatic N) is 4. The van der Waals surface area contributed by atoms with Gasteiger partial charge in [-0.25, -0.2) is 9.97 Å². The number of benzene rings is 1. The quantitative estimate of drug-likeness (QED) is 0.770. The summed E-state index contributed by atoms with van der Waals surface area (Å²) in [4.78, 5) is 36.2. The van der Waals surface area contributed by atoms with Gasteiger partial charge in [0.25, 0.3) is 0 Å². The maximum Gasteiger partial charge on any atom is 0.416 e. The van der Waals surface area contributed by atoms with Gasteiger partial charge in [-0.1, -0.05) is 18.2 Å². The molecular formula is C20H22F3N5O2. The van der Waals surface area contributed by atoms with E-state index in [2.05, 4.69) is 15.3 Å². The molecule has 1 aliphatic heterocycles. The van der Waals surface area contributed by atoms with Gasteiger partial charge in [-0.3, -0.25) is 14.5 Å². The molecule has 7 nitrogen and oxygen atoms in total. The number of hydrogen-bond donors (Lipinski definition) is 1. The van der Waals surface area contributed by atoms with Crippen LogP contribution in [0, 0.1) is 0 Å². The maximum atomic E-state index is 13.0. The second-order valence-corrected chi connectivity index (χ2v) is 7.13. The Bertz CT molecular complexity index is 892. The number of carbonyl (C=O) groups excluding carboxylic acids is 2. The number of hydrogen-bond acceptors (Lipinski definition) is 5. The minimum Gasteiger partial charge on any atom is -0.353 e. The van der Waals surface area contributed by atoms with E-state index >= 15 is 0 Å². The monoisotopic (exact) mass is 421 g/mol. The Labute approximate surface area is 171 Å². The lowest BCUT2D eigenvalue weighted by Gasteiger charge is -2.35. The normalized spacial score (nSPS) is 17.5. The molecule has 1 aliphatic rings. The van der Waals surface area contributed by atoms with Gasteiger partial charge in [-0.15, -0.1) is 0 Å². The Morgan fingerprint density at radius 1 is 1.33 bits per heavy atom. The van der Waals surface area contributed by atoms with Crippen LogP contribution in [0.15, 0.2) is 42.9 Å². The largest absolute Gasteiger partial charge is 0.416 e. The van der Waals surface area contributed by atoms with E-state index in [1.807, 2.05) is 0 Å². The van der Waals surface area contributed by atoms with E-state index in [9.17, 15) is 22.8 Å². The zero-order valence-electron chi connectivity index (χ0n) is 16.4. The van der Waals surface area contributed by atoms with Crippen LogP contribution in [-0.2, 0) is 28.9 Å². The molecule has 0 spiro atoms. The highest BCUT2D eigenvalue weighted by molar-refractivity contribution is 5.88. The van der Waals surface area contributed by atoms with Crippen LogP contribution in [0.25, 0.3) is 0 Å². The summed E-state index contributed by atoms with van der Waals surface area (Å²) >= 11 is 0. The van der Waals surface area contributed by atoms with E-state index < -0.39 is 17.8 Å². The van der Waals surface area contributed by atoms with Crippen molar-refractivity contribution in [1.29, 1.82) is 0 Å². The van der Waals surface area contributed by atoms with Crippen LogP contribution in [0.4, 0.5) is 13.2 Å². The molecule has 0 unspecified atom stereocenters. The van der Waals surface area contributed by atoms with Gasteiger partial charge in [0.15, 0.2) is 0 Å². The van der Waals surface area contributed by atoms with Gasteiger partial charge in [0.1, 0.15) is 6.33 Å². The summed E-state index contributed by atoms with van der Waals surface area (Å²) in [5, 5.41) is 2.73. The van der Waals surface area contributed by atoms with E-state index in [1.165, 1.54) is 17.3 Å². The first-order valence-corrected chi connectivity index (χ1v) is 9.41. The lowest BCUT2D eigenvalue weighted by Crippen LogP contribution is -2.56. The summed E-state index contributed by atoms with van der Waals surface area (Å²) < 4.78 is 39.0. The molecule has 1 saturated heterocycles. The van der Waals surface area contributed by atoms with Gasteiger partial charge in [0.2, 0.25) is 11.8 Å². The second kappa shape index (κ2) is 9.21. The highest BCUT2D eigenvalue weighted by atomic mass is 19.4. The van der Waals surface area contributed by atoms with E-state index in [1.54, 1.807) is 30.3 Å². The Morgan fingerprint density at radius 3 is 2.83 bits per heavy atom. The molecule has 1 N–H and O–H groups in total. The average Bonchev–Trinajstić information content (AvgIpc) is 2.71. The van der Waals surface area contributed by atoms with Gasteiger partial charge in [-0.2, -0.15) is 13.2 Å². The molecule has 30 heavy (non-hydrogen) atoms. The van der Waals surface area contributed by atoms with Crippen LogP contribution in [0.3, 0.4) is 0 Å². The highest BCUT2D eigenvalue weighted by Crippen LogP contribution is 2.30. The predicted octanol–water partition coefficient (Wildman–Crippen LogP) is 1.84. The van der Waals surface area contributed by atoms with Gasteiger partial charge in [-0.05, 0) is 17.7 Å². The minimum absolute atomic E-state index is 0.0770. The molecule has 0 saturated carbocycles. The third-order valence-corrected chi connectivity index (χ3v) is 4.92. The lowest BCUT2D eigenvalue weighted by molar-refractivity contribution is -0.138. The number of piperazine rings is 1. The van der Waals surface area contributed by atoms with Crippen LogP contribution in [0.1, 0.15) is 23.2 Å². The molecule has 0 aliphatic carbocycles. The van der Waals surface area contributed by atoms with Crippen LogP contribution in [0.2, 0.25) is 0 Å². The molecule has 1 aromatic heterocycles. The Hall–Kier alpha value is -3.01. The van der Waals surface area contributed by atoms with Crippen molar-refractivity contribution in [2.45, 2.75) is 31.7 Å². The first kappa shape index (κ1) is 21.7. The topological polar surface area (TPSA) is 78.4 Å². The van der Waals surface area contributed by atoms with E-state index in [4.69, 9.17) is 0 Å². The fraction of sp³-hybridized carbons (Fsp3) is 0.400. The molecule has 3 rings (SSSR count). The van der Waals surface area contributed by atoms with Crippen molar-refractivity contribution in [2.24, 2.45) is 0 Å². The highest BCUT2D eigenvalue weighted by Gasteiger charge is 2.34. The van der Waals surface area contributed by atoms with Crippen molar-refractivity contribution in [3.63, 3.8) is 0 Å². The molecule has 1 atom stereocenters. The number of amides is 2. The van der Waals surface area contributed by atoms with E-state index in [0.717, 1.165) is 12.1 Å². The third kappa shape index (κ3) is 5.53. The van der Waals surface area contributed by atoms with Crippen molar-refractivity contribution in [3.8, 4) is 0 Å². The van der Waals surface area contributed by atoms with Gasteiger partial charge < -0.3 is 10.2 Å². The Kier molecular flexibility index (Phi) is 6.66. The predicted molar refractivity (Wildman–Crippen MR) is 102 cm³/mol. The molecule has 0 bridgehead atoms. The van der Waals surface area contributed by atoms with E-state index in [0.29, 0.717) is 24.3 Å². The summed E-state index contributed by atoms with van der Waals surface area (Å²) in [6.07, 6.45) is -1.55. The first-order valence-electron chi connectivity index (χ1n) is 9.41. The van der Waals surface area contributed by atoms with Crippen molar-refractivity contribution in [2.75, 3.05) is 20.1 Å². The van der Waals surface area contributed by atoms with Gasteiger partial charge in [0.05, 0.1) is 30.3 Å².